The number of rotatable bonds is 2. The minimum absolute atomic E-state index is 0.337. The molecule has 0 radical (unpaired) electrons. The highest BCUT2D eigenvalue weighted by atomic mass is 16.4. The third-order valence-corrected chi connectivity index (χ3v) is 2.88. The summed E-state index contributed by atoms with van der Waals surface area (Å²) in [7, 11) is 0. The third kappa shape index (κ3) is 2.59. The standard InChI is InChI=1S/C16H16O2/c1-10-4-11(2)6-13(5-10)14-7-12(3)8-15(9-14)16(17)18/h4-9H,1-3H3,(H,17,18). The Hall–Kier alpha value is -2.09. The number of carboxylic acids is 1. The van der Waals surface area contributed by atoms with E-state index < -0.39 is 5.97 Å². The van der Waals surface area contributed by atoms with E-state index in [2.05, 4.69) is 18.2 Å². The molecule has 92 valence electrons. The quantitative estimate of drug-likeness (QED) is 0.862. The van der Waals surface area contributed by atoms with E-state index in [1.807, 2.05) is 26.8 Å². The number of hydrogen-bond donors (Lipinski definition) is 1. The first-order chi connectivity index (χ1) is 8.45. The summed E-state index contributed by atoms with van der Waals surface area (Å²) in [6.45, 7) is 6.01. The summed E-state index contributed by atoms with van der Waals surface area (Å²) in [5, 5.41) is 9.09. The average Bonchev–Trinajstić information content (AvgIpc) is 2.26. The topological polar surface area (TPSA) is 37.3 Å². The Morgan fingerprint density at radius 3 is 1.72 bits per heavy atom. The largest absolute Gasteiger partial charge is 0.478 e. The molecule has 18 heavy (non-hydrogen) atoms. The summed E-state index contributed by atoms with van der Waals surface area (Å²) < 4.78 is 0. The van der Waals surface area contributed by atoms with E-state index in [1.165, 1.54) is 11.1 Å². The van der Waals surface area contributed by atoms with Gasteiger partial charge in [0.15, 0.2) is 0 Å². The van der Waals surface area contributed by atoms with Crippen LogP contribution < -0.4 is 0 Å². The van der Waals surface area contributed by atoms with Gasteiger partial charge >= 0.3 is 5.97 Å². The van der Waals surface area contributed by atoms with Gasteiger partial charge in [0.1, 0.15) is 0 Å². The van der Waals surface area contributed by atoms with Crippen LogP contribution in [0.2, 0.25) is 0 Å². The first-order valence-electron chi connectivity index (χ1n) is 5.89. The molecule has 0 aliphatic heterocycles. The van der Waals surface area contributed by atoms with Crippen molar-refractivity contribution in [1.82, 2.24) is 0 Å². The normalized spacial score (nSPS) is 10.4. The summed E-state index contributed by atoms with van der Waals surface area (Å²) in [5.74, 6) is -0.885. The Labute approximate surface area is 107 Å². The summed E-state index contributed by atoms with van der Waals surface area (Å²) in [6.07, 6.45) is 0. The number of carbonyl (C=O) groups is 1. The van der Waals surface area contributed by atoms with Crippen molar-refractivity contribution < 1.29 is 9.90 Å². The van der Waals surface area contributed by atoms with E-state index in [4.69, 9.17) is 5.11 Å². The minimum atomic E-state index is -0.885. The predicted molar refractivity (Wildman–Crippen MR) is 73.0 cm³/mol. The molecular weight excluding hydrogens is 224 g/mol. The fourth-order valence-corrected chi connectivity index (χ4v) is 2.21. The lowest BCUT2D eigenvalue weighted by Crippen LogP contribution is -1.97. The zero-order valence-corrected chi connectivity index (χ0v) is 10.8. The van der Waals surface area contributed by atoms with Crippen LogP contribution >= 0.6 is 0 Å². The summed E-state index contributed by atoms with van der Waals surface area (Å²) in [5.41, 5.74) is 5.69. The van der Waals surface area contributed by atoms with Crippen molar-refractivity contribution in [2.75, 3.05) is 0 Å². The third-order valence-electron chi connectivity index (χ3n) is 2.88. The monoisotopic (exact) mass is 240 g/mol. The molecular formula is C16H16O2. The molecule has 2 heteroatoms. The molecule has 2 aromatic carbocycles. The van der Waals surface area contributed by atoms with Crippen molar-refractivity contribution in [3.8, 4) is 11.1 Å². The van der Waals surface area contributed by atoms with Gasteiger partial charge in [0.2, 0.25) is 0 Å². The van der Waals surface area contributed by atoms with Gasteiger partial charge in [0, 0.05) is 0 Å². The minimum Gasteiger partial charge on any atom is -0.478 e. The molecule has 0 bridgehead atoms. The fraction of sp³-hybridized carbons (Fsp3) is 0.188. The number of carboxylic acid groups (broad SMARTS) is 1. The van der Waals surface area contributed by atoms with Gasteiger partial charge in [-0.15, -0.1) is 0 Å². The van der Waals surface area contributed by atoms with Crippen LogP contribution in [0.25, 0.3) is 11.1 Å². The van der Waals surface area contributed by atoms with E-state index in [0.717, 1.165) is 16.7 Å². The SMILES string of the molecule is Cc1cc(C)cc(-c2cc(C)cc(C(=O)O)c2)c1. The van der Waals surface area contributed by atoms with Crippen molar-refractivity contribution in [1.29, 1.82) is 0 Å². The van der Waals surface area contributed by atoms with Crippen molar-refractivity contribution in [3.05, 3.63) is 58.7 Å². The Bertz CT molecular complexity index is 592. The molecule has 0 saturated heterocycles. The highest BCUT2D eigenvalue weighted by Crippen LogP contribution is 2.24. The maximum atomic E-state index is 11.1. The van der Waals surface area contributed by atoms with Crippen LogP contribution in [-0.4, -0.2) is 11.1 Å². The first kappa shape index (κ1) is 12.4. The van der Waals surface area contributed by atoms with Crippen LogP contribution in [0.4, 0.5) is 0 Å². The molecule has 0 aliphatic rings. The van der Waals surface area contributed by atoms with Gasteiger partial charge < -0.3 is 5.11 Å². The Morgan fingerprint density at radius 2 is 1.22 bits per heavy atom. The smallest absolute Gasteiger partial charge is 0.335 e. The van der Waals surface area contributed by atoms with Gasteiger partial charge in [-0.25, -0.2) is 4.79 Å². The molecule has 0 fully saturated rings. The lowest BCUT2D eigenvalue weighted by atomic mass is 9.97. The van der Waals surface area contributed by atoms with Crippen LogP contribution in [0.5, 0.6) is 0 Å². The van der Waals surface area contributed by atoms with Gasteiger partial charge in [-0.2, -0.15) is 0 Å². The zero-order chi connectivity index (χ0) is 13.3. The van der Waals surface area contributed by atoms with Crippen molar-refractivity contribution in [3.63, 3.8) is 0 Å². The van der Waals surface area contributed by atoms with Gasteiger partial charge in [0.05, 0.1) is 5.56 Å². The molecule has 2 nitrogen and oxygen atoms in total. The Balaban J connectivity index is 2.59. The van der Waals surface area contributed by atoms with Gasteiger partial charge in [-0.1, -0.05) is 35.4 Å². The highest BCUT2D eigenvalue weighted by Gasteiger charge is 2.07. The maximum Gasteiger partial charge on any atom is 0.335 e. The first-order valence-corrected chi connectivity index (χ1v) is 5.89. The second-order valence-corrected chi connectivity index (χ2v) is 4.77. The summed E-state index contributed by atoms with van der Waals surface area (Å²) in [6, 6.07) is 11.7. The second-order valence-electron chi connectivity index (χ2n) is 4.77. The van der Waals surface area contributed by atoms with Crippen molar-refractivity contribution in [2.45, 2.75) is 20.8 Å². The van der Waals surface area contributed by atoms with Gasteiger partial charge in [-0.05, 0) is 49.6 Å². The van der Waals surface area contributed by atoms with E-state index in [1.54, 1.807) is 12.1 Å². The molecule has 2 rings (SSSR count). The molecule has 0 atom stereocenters. The van der Waals surface area contributed by atoms with Crippen molar-refractivity contribution >= 4 is 5.97 Å². The van der Waals surface area contributed by atoms with Crippen LogP contribution in [0, 0.1) is 20.8 Å². The number of aromatic carboxylic acids is 1. The lowest BCUT2D eigenvalue weighted by Gasteiger charge is -2.08. The van der Waals surface area contributed by atoms with Crippen LogP contribution in [0.1, 0.15) is 27.0 Å². The fourth-order valence-electron chi connectivity index (χ4n) is 2.21. The number of hydrogen-bond acceptors (Lipinski definition) is 1. The van der Waals surface area contributed by atoms with E-state index in [-0.39, 0.29) is 0 Å². The Morgan fingerprint density at radius 1 is 0.778 bits per heavy atom. The molecule has 0 unspecified atom stereocenters. The molecule has 0 heterocycles. The predicted octanol–water partition coefficient (Wildman–Crippen LogP) is 3.98. The zero-order valence-electron chi connectivity index (χ0n) is 10.8. The summed E-state index contributed by atoms with van der Waals surface area (Å²) in [4.78, 5) is 11.1. The molecule has 0 amide bonds. The van der Waals surface area contributed by atoms with Crippen molar-refractivity contribution in [2.24, 2.45) is 0 Å². The Kier molecular flexibility index (Phi) is 3.19. The maximum absolute atomic E-state index is 11.1. The number of aryl methyl sites for hydroxylation is 3. The molecule has 0 aliphatic carbocycles. The number of benzene rings is 2. The lowest BCUT2D eigenvalue weighted by molar-refractivity contribution is 0.0697. The van der Waals surface area contributed by atoms with Gasteiger partial charge in [0.25, 0.3) is 0 Å². The molecule has 0 saturated carbocycles. The second kappa shape index (κ2) is 4.65. The van der Waals surface area contributed by atoms with E-state index >= 15 is 0 Å². The average molecular weight is 240 g/mol. The van der Waals surface area contributed by atoms with Crippen LogP contribution in [0.3, 0.4) is 0 Å². The van der Waals surface area contributed by atoms with Crippen LogP contribution in [0.15, 0.2) is 36.4 Å². The molecule has 2 aromatic rings. The van der Waals surface area contributed by atoms with E-state index in [0.29, 0.717) is 5.56 Å². The van der Waals surface area contributed by atoms with Gasteiger partial charge in [-0.3, -0.25) is 0 Å². The molecule has 0 spiro atoms. The summed E-state index contributed by atoms with van der Waals surface area (Å²) >= 11 is 0. The van der Waals surface area contributed by atoms with E-state index in [9.17, 15) is 4.79 Å². The molecule has 0 aromatic heterocycles. The van der Waals surface area contributed by atoms with Crippen LogP contribution in [-0.2, 0) is 0 Å². The highest BCUT2D eigenvalue weighted by molar-refractivity contribution is 5.89. The molecule has 1 N–H and O–H groups in total.